The summed E-state index contributed by atoms with van der Waals surface area (Å²) in [5.74, 6) is 1.86. The van der Waals surface area contributed by atoms with Gasteiger partial charge in [0.05, 0.1) is 0 Å². The van der Waals surface area contributed by atoms with Crippen molar-refractivity contribution >= 4 is 0 Å². The molecule has 0 saturated carbocycles. The van der Waals surface area contributed by atoms with Crippen LogP contribution in [0, 0.1) is 0 Å². The van der Waals surface area contributed by atoms with Crippen molar-refractivity contribution in [1.82, 2.24) is 0 Å². The second-order valence-corrected chi connectivity index (χ2v) is 5.02. The lowest BCUT2D eigenvalue weighted by molar-refractivity contribution is -0.253. The molecule has 0 spiro atoms. The lowest BCUT2D eigenvalue weighted by Gasteiger charge is -2.36. The predicted octanol–water partition coefficient (Wildman–Crippen LogP) is 2.05. The zero-order valence-corrected chi connectivity index (χ0v) is 10.8. The fraction of sp³-hybridized carbons (Fsp3) is 0.333. The minimum atomic E-state index is -0.988. The van der Waals surface area contributed by atoms with Crippen molar-refractivity contribution in [1.29, 1.82) is 0 Å². The number of benzene rings is 1. The second kappa shape index (κ2) is 4.01. The average molecular weight is 274 g/mol. The fourth-order valence-corrected chi connectivity index (χ4v) is 2.73. The first-order chi connectivity index (χ1) is 9.68. The van der Waals surface area contributed by atoms with Crippen molar-refractivity contribution in [2.45, 2.75) is 18.2 Å². The Kier molecular flexibility index (Phi) is 2.37. The van der Waals surface area contributed by atoms with Gasteiger partial charge in [-0.2, -0.15) is 0 Å². The number of fused-ring (bicyclic) bond motifs is 2. The maximum atomic E-state index is 6.06. The maximum absolute atomic E-state index is 6.06. The van der Waals surface area contributed by atoms with Gasteiger partial charge in [0.25, 0.3) is 18.2 Å². The summed E-state index contributed by atoms with van der Waals surface area (Å²) in [6.07, 6.45) is -1.32. The molecule has 2 saturated heterocycles. The molecule has 0 radical (unpaired) electrons. The summed E-state index contributed by atoms with van der Waals surface area (Å²) in [6, 6.07) is 7.67. The number of hydrogen-bond donors (Lipinski definition) is 0. The highest BCUT2D eigenvalue weighted by molar-refractivity contribution is 5.41. The highest BCUT2D eigenvalue weighted by atomic mass is 16.8. The van der Waals surface area contributed by atoms with Crippen LogP contribution < -0.4 is 4.74 Å². The molecule has 0 aromatic heterocycles. The molecule has 0 N–H and O–H groups in total. The van der Waals surface area contributed by atoms with E-state index in [1.165, 1.54) is 0 Å². The molecular formula is C15H14O5. The summed E-state index contributed by atoms with van der Waals surface area (Å²) in [7, 11) is 0. The van der Waals surface area contributed by atoms with Gasteiger partial charge in [-0.25, -0.2) is 0 Å². The Hall–Kier alpha value is -1.98. The van der Waals surface area contributed by atoms with Crippen molar-refractivity contribution in [2.75, 3.05) is 13.2 Å². The summed E-state index contributed by atoms with van der Waals surface area (Å²) in [5, 5.41) is 0. The van der Waals surface area contributed by atoms with Gasteiger partial charge in [0.15, 0.2) is 0 Å². The standard InChI is InChI=1S/C15H14O5/c1-9-7-16-13(18-9)15(14-17-8-10(2)19-14)11-4-3-5-12(6-11)20-15/h3-6,13-14H,1-2,7-8H2. The minimum absolute atomic E-state index is 0.333. The quantitative estimate of drug-likeness (QED) is 0.826. The van der Waals surface area contributed by atoms with Crippen LogP contribution in [0.2, 0.25) is 0 Å². The summed E-state index contributed by atoms with van der Waals surface area (Å²) in [5.41, 5.74) is -0.0908. The summed E-state index contributed by atoms with van der Waals surface area (Å²) in [6.45, 7) is 8.23. The van der Waals surface area contributed by atoms with E-state index in [1.807, 2.05) is 24.3 Å². The van der Waals surface area contributed by atoms with Gasteiger partial charge in [-0.15, -0.1) is 0 Å². The third kappa shape index (κ3) is 1.50. The summed E-state index contributed by atoms with van der Waals surface area (Å²) in [4.78, 5) is 0. The Morgan fingerprint density at radius 1 is 1.00 bits per heavy atom. The Labute approximate surface area is 116 Å². The molecule has 2 bridgehead atoms. The van der Waals surface area contributed by atoms with E-state index in [1.54, 1.807) is 0 Å². The lowest BCUT2D eigenvalue weighted by Crippen LogP contribution is -2.53. The van der Waals surface area contributed by atoms with E-state index < -0.39 is 18.2 Å². The molecule has 5 nitrogen and oxygen atoms in total. The molecule has 2 atom stereocenters. The van der Waals surface area contributed by atoms with Gasteiger partial charge < -0.3 is 23.7 Å². The number of ether oxygens (including phenoxy) is 5. The van der Waals surface area contributed by atoms with Crippen LogP contribution in [-0.2, 0) is 24.5 Å². The topological polar surface area (TPSA) is 46.2 Å². The molecule has 104 valence electrons. The van der Waals surface area contributed by atoms with Crippen LogP contribution in [-0.4, -0.2) is 25.8 Å². The van der Waals surface area contributed by atoms with Crippen LogP contribution >= 0.6 is 0 Å². The van der Waals surface area contributed by atoms with Crippen molar-refractivity contribution < 1.29 is 23.7 Å². The van der Waals surface area contributed by atoms with E-state index in [0.717, 1.165) is 11.3 Å². The zero-order chi connectivity index (χ0) is 13.7. The Balaban J connectivity index is 1.77. The molecule has 0 amide bonds. The molecule has 3 heterocycles. The van der Waals surface area contributed by atoms with Crippen molar-refractivity contribution in [3.8, 4) is 5.75 Å². The van der Waals surface area contributed by atoms with Gasteiger partial charge >= 0.3 is 0 Å². The normalized spacial score (nSPS) is 34.8. The molecule has 1 aromatic carbocycles. The van der Waals surface area contributed by atoms with E-state index in [-0.39, 0.29) is 0 Å². The molecule has 2 fully saturated rings. The third-order valence-corrected chi connectivity index (χ3v) is 3.61. The smallest absolute Gasteiger partial charge is 0.257 e. The molecule has 4 rings (SSSR count). The number of hydrogen-bond acceptors (Lipinski definition) is 5. The van der Waals surface area contributed by atoms with Gasteiger partial charge in [0.2, 0.25) is 0 Å². The molecular weight excluding hydrogens is 260 g/mol. The highest BCUT2D eigenvalue weighted by Gasteiger charge is 2.60. The van der Waals surface area contributed by atoms with Crippen LogP contribution in [0.5, 0.6) is 5.75 Å². The van der Waals surface area contributed by atoms with E-state index in [0.29, 0.717) is 24.7 Å². The SMILES string of the molecule is C=C1COC(C2(C3OCC(=C)O3)Oc3cccc2c3)O1. The van der Waals surface area contributed by atoms with Crippen molar-refractivity contribution in [2.24, 2.45) is 0 Å². The van der Waals surface area contributed by atoms with Gasteiger partial charge in [0.1, 0.15) is 30.5 Å². The first-order valence-corrected chi connectivity index (χ1v) is 6.40. The Morgan fingerprint density at radius 3 is 2.15 bits per heavy atom. The van der Waals surface area contributed by atoms with E-state index in [2.05, 4.69) is 13.2 Å². The van der Waals surface area contributed by atoms with Gasteiger partial charge in [-0.3, -0.25) is 0 Å². The first kappa shape index (κ1) is 11.8. The zero-order valence-electron chi connectivity index (χ0n) is 10.8. The molecule has 3 aliphatic heterocycles. The summed E-state index contributed by atoms with van der Waals surface area (Å²) >= 11 is 0. The lowest BCUT2D eigenvalue weighted by atomic mass is 9.94. The van der Waals surface area contributed by atoms with Crippen LogP contribution in [0.1, 0.15) is 5.56 Å². The summed E-state index contributed by atoms with van der Waals surface area (Å²) < 4.78 is 28.7. The highest BCUT2D eigenvalue weighted by Crippen LogP contribution is 2.48. The van der Waals surface area contributed by atoms with E-state index in [4.69, 9.17) is 23.7 Å². The molecule has 3 aliphatic rings. The second-order valence-electron chi connectivity index (χ2n) is 5.02. The maximum Gasteiger partial charge on any atom is 0.257 e. The predicted molar refractivity (Wildman–Crippen MR) is 68.7 cm³/mol. The van der Waals surface area contributed by atoms with Crippen molar-refractivity contribution in [3.05, 3.63) is 54.5 Å². The third-order valence-electron chi connectivity index (χ3n) is 3.61. The van der Waals surface area contributed by atoms with Crippen LogP contribution in [0.3, 0.4) is 0 Å². The van der Waals surface area contributed by atoms with Crippen LogP contribution in [0.25, 0.3) is 0 Å². The molecule has 20 heavy (non-hydrogen) atoms. The minimum Gasteiger partial charge on any atom is -0.469 e. The molecule has 5 heteroatoms. The monoisotopic (exact) mass is 274 g/mol. The molecule has 0 aliphatic carbocycles. The average Bonchev–Trinajstić information content (AvgIpc) is 3.10. The Bertz CT molecular complexity index is 568. The van der Waals surface area contributed by atoms with E-state index in [9.17, 15) is 0 Å². The first-order valence-electron chi connectivity index (χ1n) is 6.40. The van der Waals surface area contributed by atoms with E-state index >= 15 is 0 Å². The van der Waals surface area contributed by atoms with Gasteiger partial charge in [-0.1, -0.05) is 25.3 Å². The largest absolute Gasteiger partial charge is 0.469 e. The van der Waals surface area contributed by atoms with Crippen LogP contribution in [0.4, 0.5) is 0 Å². The van der Waals surface area contributed by atoms with Crippen molar-refractivity contribution in [3.63, 3.8) is 0 Å². The van der Waals surface area contributed by atoms with Crippen LogP contribution in [0.15, 0.2) is 48.9 Å². The number of rotatable bonds is 2. The fourth-order valence-electron chi connectivity index (χ4n) is 2.73. The molecule has 1 aromatic rings. The van der Waals surface area contributed by atoms with Gasteiger partial charge in [-0.05, 0) is 12.1 Å². The molecule has 2 unspecified atom stereocenters. The van der Waals surface area contributed by atoms with Gasteiger partial charge in [0, 0.05) is 5.56 Å². The Morgan fingerprint density at radius 2 is 1.65 bits per heavy atom.